The van der Waals surface area contributed by atoms with Crippen LogP contribution in [0.4, 0.5) is 13.2 Å². The SMILES string of the molecule is Cl.NCc1cc(C(=O)NCc2ccc(OCC(F)(F)F)cc2)co1. The van der Waals surface area contributed by atoms with Crippen LogP contribution in [-0.2, 0) is 13.1 Å². The number of carbonyl (C=O) groups excluding carboxylic acids is 1. The van der Waals surface area contributed by atoms with Crippen LogP contribution in [0.25, 0.3) is 0 Å². The molecule has 0 saturated carbocycles. The molecule has 5 nitrogen and oxygen atoms in total. The molecule has 0 atom stereocenters. The summed E-state index contributed by atoms with van der Waals surface area (Å²) in [6.45, 7) is -0.915. The number of nitrogens with one attached hydrogen (secondary N) is 1. The Bertz CT molecular complexity index is 657. The minimum Gasteiger partial charge on any atom is -0.484 e. The van der Waals surface area contributed by atoms with Crippen LogP contribution in [0.2, 0.25) is 0 Å². The van der Waals surface area contributed by atoms with Crippen molar-refractivity contribution in [3.05, 3.63) is 53.5 Å². The Kier molecular flexibility index (Phi) is 7.12. The van der Waals surface area contributed by atoms with Gasteiger partial charge in [-0.25, -0.2) is 0 Å². The first kappa shape index (κ1) is 19.9. The van der Waals surface area contributed by atoms with Crippen LogP contribution in [0.15, 0.2) is 41.0 Å². The van der Waals surface area contributed by atoms with Gasteiger partial charge in [-0.3, -0.25) is 4.79 Å². The molecule has 0 fully saturated rings. The molecule has 2 rings (SSSR count). The quantitative estimate of drug-likeness (QED) is 0.826. The van der Waals surface area contributed by atoms with Gasteiger partial charge in [-0.1, -0.05) is 12.1 Å². The fourth-order valence-corrected chi connectivity index (χ4v) is 1.76. The number of benzene rings is 1. The molecule has 9 heteroatoms. The van der Waals surface area contributed by atoms with Crippen LogP contribution in [0, 0.1) is 0 Å². The fourth-order valence-electron chi connectivity index (χ4n) is 1.76. The predicted octanol–water partition coefficient (Wildman–Crippen LogP) is 3.03. The van der Waals surface area contributed by atoms with E-state index in [4.69, 9.17) is 10.2 Å². The summed E-state index contributed by atoms with van der Waals surface area (Å²) in [6.07, 6.45) is -3.06. The third kappa shape index (κ3) is 6.13. The van der Waals surface area contributed by atoms with Gasteiger partial charge in [-0.2, -0.15) is 13.2 Å². The van der Waals surface area contributed by atoms with Gasteiger partial charge in [0.25, 0.3) is 5.91 Å². The summed E-state index contributed by atoms with van der Waals surface area (Å²) >= 11 is 0. The van der Waals surface area contributed by atoms with E-state index in [1.165, 1.54) is 18.4 Å². The molecule has 0 aliphatic rings. The van der Waals surface area contributed by atoms with E-state index in [-0.39, 0.29) is 37.2 Å². The zero-order valence-electron chi connectivity index (χ0n) is 12.4. The zero-order valence-corrected chi connectivity index (χ0v) is 13.2. The first-order valence-electron chi connectivity index (χ1n) is 6.71. The van der Waals surface area contributed by atoms with Crippen molar-refractivity contribution in [2.75, 3.05) is 6.61 Å². The van der Waals surface area contributed by atoms with Crippen LogP contribution >= 0.6 is 12.4 Å². The topological polar surface area (TPSA) is 77.5 Å². The Balaban J connectivity index is 0.00000288. The number of halogens is 4. The number of nitrogens with two attached hydrogens (primary N) is 1. The molecule has 1 aromatic heterocycles. The highest BCUT2D eigenvalue weighted by Gasteiger charge is 2.28. The van der Waals surface area contributed by atoms with Crippen molar-refractivity contribution in [2.24, 2.45) is 5.73 Å². The van der Waals surface area contributed by atoms with Gasteiger partial charge in [0.1, 0.15) is 17.8 Å². The molecule has 1 heterocycles. The van der Waals surface area contributed by atoms with E-state index in [1.54, 1.807) is 18.2 Å². The molecule has 2 aromatic rings. The second-order valence-corrected chi connectivity index (χ2v) is 4.74. The molecule has 0 unspecified atom stereocenters. The van der Waals surface area contributed by atoms with E-state index in [2.05, 4.69) is 10.1 Å². The summed E-state index contributed by atoms with van der Waals surface area (Å²) in [5, 5.41) is 2.67. The maximum Gasteiger partial charge on any atom is 0.422 e. The summed E-state index contributed by atoms with van der Waals surface area (Å²) < 4.78 is 45.8. The number of hydrogen-bond acceptors (Lipinski definition) is 4. The first-order chi connectivity index (χ1) is 10.9. The molecule has 1 amide bonds. The summed E-state index contributed by atoms with van der Waals surface area (Å²) in [6, 6.07) is 7.53. The maximum absolute atomic E-state index is 12.0. The second-order valence-electron chi connectivity index (χ2n) is 4.74. The number of furan rings is 1. The highest BCUT2D eigenvalue weighted by Crippen LogP contribution is 2.18. The van der Waals surface area contributed by atoms with Gasteiger partial charge in [0.15, 0.2) is 6.61 Å². The van der Waals surface area contributed by atoms with E-state index in [0.29, 0.717) is 11.3 Å². The van der Waals surface area contributed by atoms with Gasteiger partial charge in [-0.15, -0.1) is 12.4 Å². The van der Waals surface area contributed by atoms with Gasteiger partial charge < -0.3 is 20.2 Å². The minimum atomic E-state index is -4.38. The average Bonchev–Trinajstić information content (AvgIpc) is 3.00. The number of carbonyl (C=O) groups is 1. The number of alkyl halides is 3. The van der Waals surface area contributed by atoms with Gasteiger partial charge >= 0.3 is 6.18 Å². The lowest BCUT2D eigenvalue weighted by Gasteiger charge is -2.09. The second kappa shape index (κ2) is 8.60. The number of rotatable bonds is 6. The highest BCUT2D eigenvalue weighted by molar-refractivity contribution is 5.93. The molecule has 0 spiro atoms. The van der Waals surface area contributed by atoms with Crippen LogP contribution < -0.4 is 15.8 Å². The maximum atomic E-state index is 12.0. The van der Waals surface area contributed by atoms with E-state index in [0.717, 1.165) is 5.56 Å². The zero-order chi connectivity index (χ0) is 16.9. The number of ether oxygens (including phenoxy) is 1. The molecule has 132 valence electrons. The lowest BCUT2D eigenvalue weighted by molar-refractivity contribution is -0.153. The molecular formula is C15H16ClF3N2O3. The lowest BCUT2D eigenvalue weighted by atomic mass is 10.2. The smallest absolute Gasteiger partial charge is 0.422 e. The van der Waals surface area contributed by atoms with E-state index < -0.39 is 12.8 Å². The van der Waals surface area contributed by atoms with Crippen molar-refractivity contribution in [1.29, 1.82) is 0 Å². The fraction of sp³-hybridized carbons (Fsp3) is 0.267. The van der Waals surface area contributed by atoms with Crippen molar-refractivity contribution in [3.8, 4) is 5.75 Å². The Morgan fingerprint density at radius 3 is 2.46 bits per heavy atom. The molecule has 0 aliphatic carbocycles. The molecule has 1 aromatic carbocycles. The Labute approximate surface area is 142 Å². The normalized spacial score (nSPS) is 10.8. The molecular weight excluding hydrogens is 349 g/mol. The predicted molar refractivity (Wildman–Crippen MR) is 83.0 cm³/mol. The first-order valence-corrected chi connectivity index (χ1v) is 6.71. The highest BCUT2D eigenvalue weighted by atomic mass is 35.5. The van der Waals surface area contributed by atoms with Gasteiger partial charge in [0.2, 0.25) is 0 Å². The Hall–Kier alpha value is -2.19. The van der Waals surface area contributed by atoms with Crippen LogP contribution in [-0.4, -0.2) is 18.7 Å². The third-order valence-electron chi connectivity index (χ3n) is 2.90. The van der Waals surface area contributed by atoms with Crippen molar-refractivity contribution in [1.82, 2.24) is 5.32 Å². The van der Waals surface area contributed by atoms with Crippen molar-refractivity contribution >= 4 is 18.3 Å². The summed E-state index contributed by atoms with van der Waals surface area (Å²) in [4.78, 5) is 11.9. The molecule has 3 N–H and O–H groups in total. The van der Waals surface area contributed by atoms with Gasteiger partial charge in [0.05, 0.1) is 12.1 Å². The van der Waals surface area contributed by atoms with Gasteiger partial charge in [-0.05, 0) is 23.8 Å². The standard InChI is InChI=1S/C15H15F3N2O3.ClH/c16-15(17,18)9-23-12-3-1-10(2-4-12)7-20-14(21)11-5-13(6-19)22-8-11;/h1-5,8H,6-7,9,19H2,(H,20,21);1H. The lowest BCUT2D eigenvalue weighted by Crippen LogP contribution is -2.22. The van der Waals surface area contributed by atoms with E-state index in [9.17, 15) is 18.0 Å². The molecule has 0 saturated heterocycles. The van der Waals surface area contributed by atoms with E-state index >= 15 is 0 Å². The molecule has 0 bridgehead atoms. The average molecular weight is 365 g/mol. The third-order valence-corrected chi connectivity index (χ3v) is 2.90. The minimum absolute atomic E-state index is 0. The molecule has 0 radical (unpaired) electrons. The summed E-state index contributed by atoms with van der Waals surface area (Å²) in [5.41, 5.74) is 6.47. The monoisotopic (exact) mass is 364 g/mol. The summed E-state index contributed by atoms with van der Waals surface area (Å²) in [5.74, 6) is 0.284. The number of amides is 1. The van der Waals surface area contributed by atoms with Crippen LogP contribution in [0.1, 0.15) is 21.7 Å². The Morgan fingerprint density at radius 1 is 1.25 bits per heavy atom. The Morgan fingerprint density at radius 2 is 1.92 bits per heavy atom. The largest absolute Gasteiger partial charge is 0.484 e. The van der Waals surface area contributed by atoms with E-state index in [1.807, 2.05) is 0 Å². The van der Waals surface area contributed by atoms with Crippen LogP contribution in [0.3, 0.4) is 0 Å². The van der Waals surface area contributed by atoms with Crippen LogP contribution in [0.5, 0.6) is 5.75 Å². The number of hydrogen-bond donors (Lipinski definition) is 2. The van der Waals surface area contributed by atoms with Gasteiger partial charge in [0, 0.05) is 6.54 Å². The summed E-state index contributed by atoms with van der Waals surface area (Å²) in [7, 11) is 0. The van der Waals surface area contributed by atoms with Crippen molar-refractivity contribution in [3.63, 3.8) is 0 Å². The van der Waals surface area contributed by atoms with Crippen molar-refractivity contribution in [2.45, 2.75) is 19.3 Å². The van der Waals surface area contributed by atoms with Crippen molar-refractivity contribution < 1.29 is 27.1 Å². The molecule has 24 heavy (non-hydrogen) atoms. The molecule has 0 aliphatic heterocycles.